The summed E-state index contributed by atoms with van der Waals surface area (Å²) in [5, 5.41) is 7.25. The first-order valence-electron chi connectivity index (χ1n) is 11.5. The summed E-state index contributed by atoms with van der Waals surface area (Å²) in [7, 11) is 1.84. The van der Waals surface area contributed by atoms with E-state index in [1.54, 1.807) is 6.07 Å². The number of benzene rings is 2. The molecule has 4 rings (SSSR count). The van der Waals surface area contributed by atoms with Crippen molar-refractivity contribution in [3.63, 3.8) is 0 Å². The van der Waals surface area contributed by atoms with Crippen LogP contribution in [0.15, 0.2) is 54.6 Å². The zero-order chi connectivity index (χ0) is 23.2. The monoisotopic (exact) mass is 449 g/mol. The Morgan fingerprint density at radius 3 is 2.73 bits per heavy atom. The van der Waals surface area contributed by atoms with Crippen LogP contribution in [0.5, 0.6) is 0 Å². The molecule has 1 fully saturated rings. The van der Waals surface area contributed by atoms with E-state index >= 15 is 0 Å². The van der Waals surface area contributed by atoms with E-state index in [0.29, 0.717) is 37.6 Å². The van der Waals surface area contributed by atoms with Crippen LogP contribution in [0.1, 0.15) is 41.7 Å². The highest BCUT2D eigenvalue weighted by atomic mass is 16.5. The molecule has 33 heavy (non-hydrogen) atoms. The number of fused-ring (bicyclic) bond motifs is 1. The lowest BCUT2D eigenvalue weighted by Gasteiger charge is -2.19. The molecule has 174 valence electrons. The maximum Gasteiger partial charge on any atom is 0.354 e. The predicted octanol–water partition coefficient (Wildman–Crippen LogP) is 3.85. The number of hydrogen-bond acceptors (Lipinski definition) is 5. The van der Waals surface area contributed by atoms with E-state index in [9.17, 15) is 9.59 Å². The normalized spacial score (nSPS) is 17.9. The number of amides is 1. The van der Waals surface area contributed by atoms with E-state index in [4.69, 9.17) is 9.47 Å². The molecular weight excluding hydrogens is 418 g/mol. The first kappa shape index (κ1) is 23.0. The van der Waals surface area contributed by atoms with Gasteiger partial charge in [0.1, 0.15) is 5.69 Å². The van der Waals surface area contributed by atoms with E-state index in [1.165, 1.54) is 5.56 Å². The van der Waals surface area contributed by atoms with Gasteiger partial charge in [-0.25, -0.2) is 4.79 Å². The Morgan fingerprint density at radius 2 is 1.94 bits per heavy atom. The topological polar surface area (TPSA) is 81.6 Å². The molecule has 1 amide bonds. The number of carbonyl (C=O) groups excluding carboxylic acids is 2. The third-order valence-corrected chi connectivity index (χ3v) is 6.12. The molecule has 0 radical (unpaired) electrons. The minimum atomic E-state index is -0.364. The molecule has 2 atom stereocenters. The second-order valence-corrected chi connectivity index (χ2v) is 8.28. The van der Waals surface area contributed by atoms with Crippen LogP contribution >= 0.6 is 0 Å². The molecule has 3 aromatic rings. The van der Waals surface area contributed by atoms with Crippen LogP contribution in [-0.2, 0) is 21.3 Å². The molecule has 0 bridgehead atoms. The Kier molecular flexibility index (Phi) is 7.42. The molecule has 1 aromatic heterocycles. The number of ether oxygens (including phenoxy) is 2. The Balaban J connectivity index is 1.43. The maximum absolute atomic E-state index is 13.0. The van der Waals surface area contributed by atoms with Crippen molar-refractivity contribution in [2.45, 2.75) is 31.7 Å². The molecular formula is C26H31N3O4. The Hall–Kier alpha value is -3.16. The van der Waals surface area contributed by atoms with E-state index in [-0.39, 0.29) is 23.8 Å². The molecule has 1 aliphatic heterocycles. The Labute approximate surface area is 194 Å². The number of nitrogens with zero attached hydrogens (tertiary/aromatic N) is 1. The Morgan fingerprint density at radius 1 is 1.12 bits per heavy atom. The maximum atomic E-state index is 13.0. The molecule has 0 unspecified atom stereocenters. The summed E-state index contributed by atoms with van der Waals surface area (Å²) in [6, 6.07) is 17.3. The summed E-state index contributed by atoms with van der Waals surface area (Å²) in [6.45, 7) is 4.29. The lowest BCUT2D eigenvalue weighted by atomic mass is 9.91. The van der Waals surface area contributed by atoms with E-state index < -0.39 is 0 Å². The minimum absolute atomic E-state index is 0.0504. The van der Waals surface area contributed by atoms with E-state index in [2.05, 4.69) is 22.8 Å². The van der Waals surface area contributed by atoms with Crippen LogP contribution in [0.25, 0.3) is 10.9 Å². The van der Waals surface area contributed by atoms with Gasteiger partial charge in [0, 0.05) is 49.2 Å². The number of hydrogen-bond donors (Lipinski definition) is 2. The fourth-order valence-electron chi connectivity index (χ4n) is 4.43. The van der Waals surface area contributed by atoms with Crippen molar-refractivity contribution in [2.24, 2.45) is 7.05 Å². The molecule has 7 heteroatoms. The third-order valence-electron chi connectivity index (χ3n) is 6.12. The number of anilines is 1. The molecule has 0 saturated carbocycles. The molecule has 2 aromatic carbocycles. The highest BCUT2D eigenvalue weighted by Crippen LogP contribution is 2.29. The van der Waals surface area contributed by atoms with Crippen LogP contribution < -0.4 is 10.6 Å². The van der Waals surface area contributed by atoms with Crippen LogP contribution in [0.3, 0.4) is 0 Å². The number of esters is 1. The van der Waals surface area contributed by atoms with Gasteiger partial charge in [0.05, 0.1) is 12.6 Å². The quantitative estimate of drug-likeness (QED) is 0.383. The molecule has 2 N–H and O–H groups in total. The Bertz CT molecular complexity index is 1110. The van der Waals surface area contributed by atoms with Gasteiger partial charge in [0.15, 0.2) is 0 Å². The molecule has 2 heterocycles. The summed E-state index contributed by atoms with van der Waals surface area (Å²) in [5.74, 6) is -0.266. The van der Waals surface area contributed by atoms with Gasteiger partial charge >= 0.3 is 5.97 Å². The molecule has 1 saturated heterocycles. The molecule has 0 spiro atoms. The third kappa shape index (κ3) is 5.26. The highest BCUT2D eigenvalue weighted by molar-refractivity contribution is 6.00. The fourth-order valence-corrected chi connectivity index (χ4v) is 4.43. The van der Waals surface area contributed by atoms with Gasteiger partial charge in [-0.2, -0.15) is 0 Å². The van der Waals surface area contributed by atoms with Gasteiger partial charge in [-0.15, -0.1) is 0 Å². The van der Waals surface area contributed by atoms with E-state index in [0.717, 1.165) is 23.9 Å². The van der Waals surface area contributed by atoms with Gasteiger partial charge < -0.3 is 24.7 Å². The SMILES string of the molecule is CCOCCCOC(=O)c1cc2cc(NC(=O)[C@@H]3NCC[C@H]3c3ccccc3)ccc2n1C. The van der Waals surface area contributed by atoms with Gasteiger partial charge in [0.25, 0.3) is 0 Å². The minimum Gasteiger partial charge on any atom is -0.461 e. The van der Waals surface area contributed by atoms with Crippen LogP contribution in [-0.4, -0.2) is 48.9 Å². The zero-order valence-corrected chi connectivity index (χ0v) is 19.2. The lowest BCUT2D eigenvalue weighted by molar-refractivity contribution is -0.118. The number of carbonyl (C=O) groups is 2. The molecule has 7 nitrogen and oxygen atoms in total. The van der Waals surface area contributed by atoms with Gasteiger partial charge in [-0.3, -0.25) is 4.79 Å². The second kappa shape index (κ2) is 10.6. The van der Waals surface area contributed by atoms with Crippen molar-refractivity contribution in [1.29, 1.82) is 0 Å². The smallest absolute Gasteiger partial charge is 0.354 e. The largest absolute Gasteiger partial charge is 0.461 e. The van der Waals surface area contributed by atoms with Crippen molar-refractivity contribution in [2.75, 3.05) is 31.7 Å². The predicted molar refractivity (Wildman–Crippen MR) is 129 cm³/mol. The second-order valence-electron chi connectivity index (χ2n) is 8.28. The summed E-state index contributed by atoms with van der Waals surface area (Å²) in [5.41, 5.74) is 3.25. The van der Waals surface area contributed by atoms with Gasteiger partial charge in [0.2, 0.25) is 5.91 Å². The van der Waals surface area contributed by atoms with Gasteiger partial charge in [-0.05, 0) is 49.7 Å². The van der Waals surface area contributed by atoms with Crippen molar-refractivity contribution < 1.29 is 19.1 Å². The summed E-state index contributed by atoms with van der Waals surface area (Å²) < 4.78 is 12.5. The fraction of sp³-hybridized carbons (Fsp3) is 0.385. The summed E-state index contributed by atoms with van der Waals surface area (Å²) in [6.07, 6.45) is 1.59. The van der Waals surface area contributed by atoms with E-state index in [1.807, 2.05) is 54.9 Å². The average Bonchev–Trinajstić information content (AvgIpc) is 3.44. The summed E-state index contributed by atoms with van der Waals surface area (Å²) in [4.78, 5) is 25.6. The summed E-state index contributed by atoms with van der Waals surface area (Å²) >= 11 is 0. The van der Waals surface area contributed by atoms with Crippen LogP contribution in [0.2, 0.25) is 0 Å². The van der Waals surface area contributed by atoms with Crippen molar-refractivity contribution in [3.05, 3.63) is 65.9 Å². The van der Waals surface area contributed by atoms with Crippen molar-refractivity contribution >= 4 is 28.5 Å². The molecule has 0 aliphatic carbocycles. The zero-order valence-electron chi connectivity index (χ0n) is 19.2. The molecule has 1 aliphatic rings. The number of aromatic nitrogens is 1. The van der Waals surface area contributed by atoms with Crippen LogP contribution in [0, 0.1) is 0 Å². The standard InChI is InChI=1S/C26H31N3O4/c1-3-32-14-7-15-33-26(31)23-17-19-16-20(10-11-22(19)29(23)2)28-25(30)24-21(12-13-27-24)18-8-5-4-6-9-18/h4-6,8-11,16-17,21,24,27H,3,7,12-15H2,1-2H3,(H,28,30)/t21-,24+/m0/s1. The van der Waals surface area contributed by atoms with Crippen LogP contribution in [0.4, 0.5) is 5.69 Å². The lowest BCUT2D eigenvalue weighted by Crippen LogP contribution is -2.39. The first-order valence-corrected chi connectivity index (χ1v) is 11.5. The highest BCUT2D eigenvalue weighted by Gasteiger charge is 2.33. The number of nitrogens with one attached hydrogen (secondary N) is 2. The van der Waals surface area contributed by atoms with Crippen molar-refractivity contribution in [1.82, 2.24) is 9.88 Å². The first-order chi connectivity index (χ1) is 16.1. The average molecular weight is 450 g/mol. The number of rotatable bonds is 9. The number of aryl methyl sites for hydroxylation is 1. The van der Waals surface area contributed by atoms with Gasteiger partial charge in [-0.1, -0.05) is 30.3 Å². The van der Waals surface area contributed by atoms with Crippen molar-refractivity contribution in [3.8, 4) is 0 Å².